The van der Waals surface area contributed by atoms with Crippen LogP contribution in [0.15, 0.2) is 23.8 Å². The van der Waals surface area contributed by atoms with Crippen LogP contribution in [0.4, 0.5) is 0 Å². The van der Waals surface area contributed by atoms with Gasteiger partial charge in [0.1, 0.15) is 0 Å². The van der Waals surface area contributed by atoms with Crippen LogP contribution in [0, 0.1) is 34.0 Å². The van der Waals surface area contributed by atoms with Crippen molar-refractivity contribution in [3.63, 3.8) is 0 Å². The molecular weight excluding hydrogens is 336 g/mol. The molecule has 0 aromatic carbocycles. The van der Waals surface area contributed by atoms with Crippen LogP contribution in [-0.4, -0.2) is 21.8 Å². The molecule has 0 spiro atoms. The van der Waals surface area contributed by atoms with Gasteiger partial charge in [-0.25, -0.2) is 0 Å². The molecule has 3 fully saturated rings. The van der Waals surface area contributed by atoms with Crippen LogP contribution in [0.5, 0.6) is 0 Å². The van der Waals surface area contributed by atoms with Crippen molar-refractivity contribution in [1.29, 1.82) is 0 Å². The summed E-state index contributed by atoms with van der Waals surface area (Å²) in [7, 11) is 0. The van der Waals surface area contributed by atoms with Crippen LogP contribution < -0.4 is 0 Å². The molecule has 0 aromatic heterocycles. The Morgan fingerprint density at radius 1 is 1.11 bits per heavy atom. The molecule has 3 nitrogen and oxygen atoms in total. The van der Waals surface area contributed by atoms with Gasteiger partial charge in [0.05, 0.1) is 0 Å². The number of hydrogen-bond donors (Lipinski definition) is 2. The summed E-state index contributed by atoms with van der Waals surface area (Å²) in [5.74, 6) is 0.288. The van der Waals surface area contributed by atoms with Crippen molar-refractivity contribution in [3.05, 3.63) is 23.8 Å². The minimum atomic E-state index is -1.58. The number of carbonyl (C=O) groups is 1. The first-order chi connectivity index (χ1) is 12.6. The molecule has 0 bridgehead atoms. The van der Waals surface area contributed by atoms with Gasteiger partial charge in [0.15, 0.2) is 11.6 Å². The summed E-state index contributed by atoms with van der Waals surface area (Å²) < 4.78 is 0. The second kappa shape index (κ2) is 6.03. The molecular formula is C24H36O3. The number of rotatable bonds is 3. The Balaban J connectivity index is 1.72. The summed E-state index contributed by atoms with van der Waals surface area (Å²) in [4.78, 5) is 11.9. The Hall–Kier alpha value is -0.930. The van der Waals surface area contributed by atoms with Gasteiger partial charge in [-0.15, -0.1) is 0 Å². The summed E-state index contributed by atoms with van der Waals surface area (Å²) in [5, 5.41) is 22.1. The number of carbonyl (C=O) groups excluding carboxylic acids is 1. The SMILES string of the molecule is CCC(O)(O)[C@]1(CC)CC[C@H]2[C@@H]3CCC4=CC(=O)C=C[C@]4(C)[C@H]3CC[C@@]21C. The zero-order chi connectivity index (χ0) is 19.7. The number of ketones is 1. The van der Waals surface area contributed by atoms with E-state index in [1.54, 1.807) is 6.08 Å². The van der Waals surface area contributed by atoms with E-state index in [1.165, 1.54) is 5.57 Å². The van der Waals surface area contributed by atoms with Crippen LogP contribution in [-0.2, 0) is 4.79 Å². The number of aliphatic hydroxyl groups is 2. The standard InChI is InChI=1S/C24H36O3/c1-5-23(24(26,27)6-2)14-11-20-18-8-7-16-15-17(25)9-12-21(16,3)19(18)10-13-22(20,23)4/h9,12,15,18-20,26-27H,5-8,10-11,13-14H2,1-4H3/t18-,19+,20+,21+,22+,23-/m1/s1. The lowest BCUT2D eigenvalue weighted by atomic mass is 9.44. The topological polar surface area (TPSA) is 57.5 Å². The third-order valence-corrected chi connectivity index (χ3v) is 9.78. The van der Waals surface area contributed by atoms with E-state index in [1.807, 2.05) is 13.0 Å². The minimum absolute atomic E-state index is 0.00982. The highest BCUT2D eigenvalue weighted by atomic mass is 16.5. The average molecular weight is 373 g/mol. The predicted molar refractivity (Wildman–Crippen MR) is 107 cm³/mol. The average Bonchev–Trinajstić information content (AvgIpc) is 2.96. The van der Waals surface area contributed by atoms with E-state index in [0.29, 0.717) is 24.2 Å². The second-order valence-electron chi connectivity index (χ2n) is 10.2. The maximum atomic E-state index is 11.9. The summed E-state index contributed by atoms with van der Waals surface area (Å²) in [6.07, 6.45) is 13.4. The molecule has 0 unspecified atom stereocenters. The van der Waals surface area contributed by atoms with Crippen molar-refractivity contribution in [2.75, 3.05) is 0 Å². The largest absolute Gasteiger partial charge is 0.365 e. The Kier molecular flexibility index (Phi) is 4.33. The van der Waals surface area contributed by atoms with Gasteiger partial charge in [0.25, 0.3) is 0 Å². The fourth-order valence-corrected chi connectivity index (χ4v) is 8.19. The van der Waals surface area contributed by atoms with E-state index in [0.717, 1.165) is 44.9 Å². The molecule has 4 aliphatic rings. The monoisotopic (exact) mass is 372 g/mol. The number of hydrogen-bond acceptors (Lipinski definition) is 3. The highest BCUT2D eigenvalue weighted by Gasteiger charge is 2.68. The first kappa shape index (κ1) is 19.4. The van der Waals surface area contributed by atoms with Crippen LogP contribution in [0.2, 0.25) is 0 Å². The van der Waals surface area contributed by atoms with E-state index >= 15 is 0 Å². The van der Waals surface area contributed by atoms with Gasteiger partial charge in [-0.2, -0.15) is 0 Å². The fraction of sp³-hybridized carbons (Fsp3) is 0.792. The Bertz CT molecular complexity index is 704. The molecule has 3 saturated carbocycles. The van der Waals surface area contributed by atoms with E-state index < -0.39 is 11.2 Å². The maximum Gasteiger partial charge on any atom is 0.178 e. The van der Waals surface area contributed by atoms with Crippen molar-refractivity contribution < 1.29 is 15.0 Å². The van der Waals surface area contributed by atoms with Gasteiger partial charge in [0.2, 0.25) is 0 Å². The van der Waals surface area contributed by atoms with Gasteiger partial charge in [-0.05, 0) is 86.7 Å². The molecule has 0 heterocycles. The summed E-state index contributed by atoms with van der Waals surface area (Å²) in [6, 6.07) is 0. The third-order valence-electron chi connectivity index (χ3n) is 9.78. The molecule has 27 heavy (non-hydrogen) atoms. The molecule has 0 amide bonds. The molecule has 4 aliphatic carbocycles. The van der Waals surface area contributed by atoms with Gasteiger partial charge in [0, 0.05) is 10.8 Å². The highest BCUT2D eigenvalue weighted by Crippen LogP contribution is 2.72. The summed E-state index contributed by atoms with van der Waals surface area (Å²) in [6.45, 7) is 8.74. The number of allylic oxidation sites excluding steroid dienone is 4. The molecule has 0 aromatic rings. The molecule has 0 radical (unpaired) electrons. The highest BCUT2D eigenvalue weighted by molar-refractivity contribution is 6.01. The van der Waals surface area contributed by atoms with Crippen LogP contribution in [0.3, 0.4) is 0 Å². The van der Waals surface area contributed by atoms with E-state index in [4.69, 9.17) is 0 Å². The van der Waals surface area contributed by atoms with Crippen LogP contribution in [0.25, 0.3) is 0 Å². The van der Waals surface area contributed by atoms with E-state index in [2.05, 4.69) is 26.8 Å². The van der Waals surface area contributed by atoms with Gasteiger partial charge in [-0.3, -0.25) is 4.79 Å². The number of fused-ring (bicyclic) bond motifs is 5. The fourth-order valence-electron chi connectivity index (χ4n) is 8.19. The third kappa shape index (κ3) is 2.31. The summed E-state index contributed by atoms with van der Waals surface area (Å²) >= 11 is 0. The lowest BCUT2D eigenvalue weighted by Crippen LogP contribution is -2.59. The Labute approximate surface area is 163 Å². The molecule has 0 saturated heterocycles. The maximum absolute atomic E-state index is 11.9. The van der Waals surface area contributed by atoms with Gasteiger partial charge in [-0.1, -0.05) is 39.3 Å². The van der Waals surface area contributed by atoms with Crippen molar-refractivity contribution in [2.45, 2.75) is 84.8 Å². The van der Waals surface area contributed by atoms with E-state index in [9.17, 15) is 15.0 Å². The van der Waals surface area contributed by atoms with Crippen molar-refractivity contribution >= 4 is 5.78 Å². The predicted octanol–water partition coefficient (Wildman–Crippen LogP) is 4.78. The lowest BCUT2D eigenvalue weighted by molar-refractivity contribution is -0.285. The van der Waals surface area contributed by atoms with Crippen LogP contribution in [0.1, 0.15) is 79.1 Å². The smallest absolute Gasteiger partial charge is 0.178 e. The molecule has 0 aliphatic heterocycles. The Morgan fingerprint density at radius 3 is 2.48 bits per heavy atom. The minimum Gasteiger partial charge on any atom is -0.365 e. The summed E-state index contributed by atoms with van der Waals surface area (Å²) in [5.41, 5.74) is 0.913. The van der Waals surface area contributed by atoms with Crippen molar-refractivity contribution in [2.24, 2.45) is 34.0 Å². The molecule has 4 rings (SSSR count). The molecule has 3 heteroatoms. The van der Waals surface area contributed by atoms with Crippen molar-refractivity contribution in [3.8, 4) is 0 Å². The Morgan fingerprint density at radius 2 is 1.81 bits per heavy atom. The first-order valence-corrected chi connectivity index (χ1v) is 11.0. The quantitative estimate of drug-likeness (QED) is 0.701. The van der Waals surface area contributed by atoms with E-state index in [-0.39, 0.29) is 16.6 Å². The molecule has 2 N–H and O–H groups in total. The lowest BCUT2D eigenvalue weighted by Gasteiger charge is -2.61. The first-order valence-electron chi connectivity index (χ1n) is 11.0. The normalized spacial score (nSPS) is 46.5. The zero-order valence-corrected chi connectivity index (χ0v) is 17.4. The van der Waals surface area contributed by atoms with Gasteiger partial charge < -0.3 is 10.2 Å². The molecule has 6 atom stereocenters. The zero-order valence-electron chi connectivity index (χ0n) is 17.4. The van der Waals surface area contributed by atoms with Crippen LogP contribution >= 0.6 is 0 Å². The molecule has 150 valence electrons. The van der Waals surface area contributed by atoms with Crippen molar-refractivity contribution in [1.82, 2.24) is 0 Å². The van der Waals surface area contributed by atoms with Gasteiger partial charge >= 0.3 is 0 Å². The second-order valence-corrected chi connectivity index (χ2v) is 10.2.